The number of unbranched alkanes of at least 4 members (excludes halogenated alkanes) is 1. The molecule has 8 nitrogen and oxygen atoms in total. The first-order valence-corrected chi connectivity index (χ1v) is 13.8. The minimum absolute atomic E-state index is 0.0635. The number of carboxylic acid groups (broad SMARTS) is 1. The molecule has 1 heterocycles. The second kappa shape index (κ2) is 14.6. The Morgan fingerprint density at radius 1 is 1.18 bits per heavy atom. The predicted octanol–water partition coefficient (Wildman–Crippen LogP) is 3.53. The second-order valence-corrected chi connectivity index (χ2v) is 10.6. The van der Waals surface area contributed by atoms with Gasteiger partial charge in [-0.15, -0.1) is 0 Å². The monoisotopic (exact) mass is 529 g/mol. The smallest absolute Gasteiger partial charge is 0.303 e. The van der Waals surface area contributed by atoms with Crippen LogP contribution >= 0.6 is 0 Å². The molecule has 0 radical (unpaired) electrons. The third kappa shape index (κ3) is 7.99. The quantitative estimate of drug-likeness (QED) is 0.176. The van der Waals surface area contributed by atoms with E-state index >= 15 is 0 Å². The number of carbonyl (C=O) groups excluding carboxylic acids is 1. The fourth-order valence-corrected chi connectivity index (χ4v) is 5.56. The maximum Gasteiger partial charge on any atom is 0.303 e. The molecule has 1 aliphatic heterocycles. The van der Waals surface area contributed by atoms with Crippen molar-refractivity contribution in [1.82, 2.24) is 5.32 Å². The maximum absolute atomic E-state index is 12.7. The number of aliphatic hydroxyl groups is 3. The lowest BCUT2D eigenvalue weighted by atomic mass is 9.89. The van der Waals surface area contributed by atoms with Gasteiger partial charge in [-0.1, -0.05) is 55.3 Å². The highest BCUT2D eigenvalue weighted by molar-refractivity contribution is 5.98. The van der Waals surface area contributed by atoms with Crippen LogP contribution in [0, 0.1) is 17.8 Å². The molecule has 0 spiro atoms. The lowest BCUT2D eigenvalue weighted by molar-refractivity contribution is -0.137. The van der Waals surface area contributed by atoms with E-state index in [0.29, 0.717) is 25.0 Å². The summed E-state index contributed by atoms with van der Waals surface area (Å²) in [6.45, 7) is 1.96. The van der Waals surface area contributed by atoms with Gasteiger partial charge in [0.1, 0.15) is 6.10 Å². The summed E-state index contributed by atoms with van der Waals surface area (Å²) in [5.74, 6) is -1.15. The molecule has 3 aliphatic rings. The molecule has 2 saturated carbocycles. The number of carbonyl (C=O) groups is 2. The van der Waals surface area contributed by atoms with Gasteiger partial charge in [-0.2, -0.15) is 0 Å². The molecule has 2 aliphatic carbocycles. The third-order valence-corrected chi connectivity index (χ3v) is 7.97. The number of carboxylic acids is 1. The molecule has 8 heteroatoms. The van der Waals surface area contributed by atoms with Crippen molar-refractivity contribution in [3.8, 4) is 0 Å². The Hall–Kier alpha value is -2.52. The van der Waals surface area contributed by atoms with E-state index in [2.05, 4.69) is 5.32 Å². The number of likely N-dealkylation sites (N-methyl/N-ethyl adjacent to an activating group) is 1. The zero-order valence-corrected chi connectivity index (χ0v) is 22.4. The molecule has 4 rings (SSSR count). The van der Waals surface area contributed by atoms with Crippen molar-refractivity contribution >= 4 is 11.8 Å². The van der Waals surface area contributed by atoms with E-state index in [1.165, 1.54) is 0 Å². The second-order valence-electron chi connectivity index (χ2n) is 10.6. The Morgan fingerprint density at radius 3 is 2.50 bits per heavy atom. The first kappa shape index (κ1) is 30.0. The van der Waals surface area contributed by atoms with Gasteiger partial charge in [0.2, 0.25) is 5.78 Å². The number of rotatable bonds is 10. The van der Waals surface area contributed by atoms with Crippen molar-refractivity contribution in [3.05, 3.63) is 59.9 Å². The van der Waals surface area contributed by atoms with Crippen molar-refractivity contribution < 1.29 is 34.8 Å². The summed E-state index contributed by atoms with van der Waals surface area (Å²) in [7, 11) is 1.84. The van der Waals surface area contributed by atoms with E-state index in [0.717, 1.165) is 31.2 Å². The molecule has 0 unspecified atom stereocenters. The number of hydrogen-bond acceptors (Lipinski definition) is 7. The highest BCUT2D eigenvalue weighted by Gasteiger charge is 2.52. The number of ketones is 1. The van der Waals surface area contributed by atoms with Crippen LogP contribution in [0.1, 0.15) is 70.0 Å². The predicted molar refractivity (Wildman–Crippen MR) is 144 cm³/mol. The number of nitrogens with one attached hydrogen (secondary N) is 1. The average Bonchev–Trinajstić information content (AvgIpc) is 3.63. The van der Waals surface area contributed by atoms with Crippen LogP contribution in [0.4, 0.5) is 0 Å². The third-order valence-electron chi connectivity index (χ3n) is 7.97. The molecule has 1 saturated heterocycles. The van der Waals surface area contributed by atoms with Crippen LogP contribution < -0.4 is 5.32 Å². The SMILES string of the molecule is CN[C@@H](C)[C@H](O)c1ccccc1.O=C(O)CCC/C=C1\O[C@H]2C[C@@H](O)[C@H](/C=C/[C@@H](O)C3CCCC3)[C@H]2C1=O. The summed E-state index contributed by atoms with van der Waals surface area (Å²) in [5.41, 5.74) is 0.958. The zero-order valence-electron chi connectivity index (χ0n) is 22.4. The highest BCUT2D eigenvalue weighted by Crippen LogP contribution is 2.43. The maximum atomic E-state index is 12.7. The van der Waals surface area contributed by atoms with Gasteiger partial charge in [0.15, 0.2) is 5.76 Å². The van der Waals surface area contributed by atoms with Crippen LogP contribution in [-0.2, 0) is 14.3 Å². The number of ether oxygens (including phenoxy) is 1. The summed E-state index contributed by atoms with van der Waals surface area (Å²) < 4.78 is 5.72. The normalized spacial score (nSPS) is 28.6. The summed E-state index contributed by atoms with van der Waals surface area (Å²) in [6.07, 6.45) is 9.05. The number of allylic oxidation sites excluding steroid dienone is 2. The van der Waals surface area contributed by atoms with Gasteiger partial charge < -0.3 is 30.5 Å². The van der Waals surface area contributed by atoms with Gasteiger partial charge in [0, 0.05) is 24.8 Å². The molecule has 0 amide bonds. The van der Waals surface area contributed by atoms with Crippen LogP contribution in [-0.4, -0.2) is 63.6 Å². The first-order chi connectivity index (χ1) is 18.2. The first-order valence-electron chi connectivity index (χ1n) is 13.8. The Bertz CT molecular complexity index is 957. The van der Waals surface area contributed by atoms with Gasteiger partial charge in [0.05, 0.1) is 24.2 Å². The van der Waals surface area contributed by atoms with Crippen LogP contribution in [0.3, 0.4) is 0 Å². The molecular formula is C30H43NO7. The number of hydrogen-bond donors (Lipinski definition) is 5. The molecule has 210 valence electrons. The summed E-state index contributed by atoms with van der Waals surface area (Å²) in [4.78, 5) is 23.2. The average molecular weight is 530 g/mol. The molecule has 3 fully saturated rings. The highest BCUT2D eigenvalue weighted by atomic mass is 16.5. The molecular weight excluding hydrogens is 486 g/mol. The van der Waals surface area contributed by atoms with Crippen LogP contribution in [0.5, 0.6) is 0 Å². The van der Waals surface area contributed by atoms with Crippen molar-refractivity contribution in [3.63, 3.8) is 0 Å². The fraction of sp³-hybridized carbons (Fsp3) is 0.600. The van der Waals surface area contributed by atoms with Gasteiger partial charge in [0.25, 0.3) is 0 Å². The Kier molecular flexibility index (Phi) is 11.5. The van der Waals surface area contributed by atoms with E-state index in [1.54, 1.807) is 18.2 Å². The Labute approximate surface area is 225 Å². The lowest BCUT2D eigenvalue weighted by Gasteiger charge is -2.17. The lowest BCUT2D eigenvalue weighted by Crippen LogP contribution is -2.28. The van der Waals surface area contributed by atoms with Crippen molar-refractivity contribution in [2.24, 2.45) is 17.8 Å². The molecule has 0 aromatic heterocycles. The fourth-order valence-electron chi connectivity index (χ4n) is 5.56. The van der Waals surface area contributed by atoms with Crippen molar-refractivity contribution in [2.45, 2.75) is 88.7 Å². The number of benzene rings is 1. The van der Waals surface area contributed by atoms with E-state index in [-0.39, 0.29) is 36.2 Å². The largest absolute Gasteiger partial charge is 0.486 e. The summed E-state index contributed by atoms with van der Waals surface area (Å²) in [6, 6.07) is 9.76. The Balaban J connectivity index is 0.000000279. The molecule has 7 atom stereocenters. The van der Waals surface area contributed by atoms with Crippen molar-refractivity contribution in [1.29, 1.82) is 0 Å². The number of aliphatic carboxylic acids is 1. The van der Waals surface area contributed by atoms with E-state index < -0.39 is 30.2 Å². The molecule has 1 aromatic rings. The minimum Gasteiger partial charge on any atom is -0.486 e. The standard InChI is InChI=1S/C20H28O6.C10H15NO/c21-14(12-5-1-2-6-12)10-9-13-15(22)11-17-19(13)20(25)16(26-17)7-3-4-8-18(23)24;1-8(11-2)10(12)9-6-4-3-5-7-9/h7,9-10,12-15,17,19,21-22H,1-6,8,11H2,(H,23,24);3-8,10-12H,1-2H3/b10-9+,16-7-;/t13-,14+,15+,17-,19+;8-,10-/m00/s1. The van der Waals surface area contributed by atoms with E-state index in [4.69, 9.17) is 9.84 Å². The van der Waals surface area contributed by atoms with Crippen molar-refractivity contribution in [2.75, 3.05) is 7.05 Å². The van der Waals surface area contributed by atoms with Gasteiger partial charge in [-0.05, 0) is 57.2 Å². The van der Waals surface area contributed by atoms with E-state index in [1.807, 2.05) is 44.3 Å². The number of Topliss-reactive ketones (excluding diaryl/α,β-unsaturated/α-hetero) is 1. The zero-order chi connectivity index (χ0) is 27.7. The topological polar surface area (TPSA) is 136 Å². The number of aliphatic hydroxyl groups excluding tert-OH is 3. The summed E-state index contributed by atoms with van der Waals surface area (Å²) >= 11 is 0. The Morgan fingerprint density at radius 2 is 1.87 bits per heavy atom. The van der Waals surface area contributed by atoms with Crippen LogP contribution in [0.15, 0.2) is 54.3 Å². The van der Waals surface area contributed by atoms with Crippen LogP contribution in [0.25, 0.3) is 0 Å². The molecule has 1 aromatic carbocycles. The number of fused-ring (bicyclic) bond motifs is 1. The van der Waals surface area contributed by atoms with Gasteiger partial charge in [-0.25, -0.2) is 0 Å². The van der Waals surface area contributed by atoms with Crippen LogP contribution in [0.2, 0.25) is 0 Å². The summed E-state index contributed by atoms with van der Waals surface area (Å²) in [5, 5.41) is 42.0. The molecule has 5 N–H and O–H groups in total. The van der Waals surface area contributed by atoms with Gasteiger partial charge in [-0.3, -0.25) is 9.59 Å². The minimum atomic E-state index is -0.854. The van der Waals surface area contributed by atoms with Gasteiger partial charge >= 0.3 is 5.97 Å². The van der Waals surface area contributed by atoms with E-state index in [9.17, 15) is 24.9 Å². The molecule has 0 bridgehead atoms. The molecule has 38 heavy (non-hydrogen) atoms.